The molecule has 0 spiro atoms. The molecular formula is C16H15ClFN3OS2. The minimum absolute atomic E-state index is 0.101. The average molecular weight is 384 g/mol. The Bertz CT molecular complexity index is 730. The quantitative estimate of drug-likeness (QED) is 0.542. The van der Waals surface area contributed by atoms with Crippen molar-refractivity contribution >= 4 is 52.3 Å². The lowest BCUT2D eigenvalue weighted by atomic mass is 10.2. The molecule has 2 aromatic rings. The van der Waals surface area contributed by atoms with Gasteiger partial charge in [-0.3, -0.25) is 15.6 Å². The fourth-order valence-electron chi connectivity index (χ4n) is 1.75. The highest BCUT2D eigenvalue weighted by Crippen LogP contribution is 2.20. The first kappa shape index (κ1) is 18.5. The lowest BCUT2D eigenvalue weighted by molar-refractivity contribution is -0.119. The van der Waals surface area contributed by atoms with Crippen LogP contribution in [0.3, 0.4) is 0 Å². The highest BCUT2D eigenvalue weighted by Gasteiger charge is 2.06. The number of nitrogens with one attached hydrogen (secondary N) is 3. The SMILES string of the molecule is O=C(CSCc1ccccc1Cl)NNC(=S)Nc1ccccc1F. The first-order valence-corrected chi connectivity index (χ1v) is 8.92. The van der Waals surface area contributed by atoms with Crippen molar-refractivity contribution in [2.75, 3.05) is 11.1 Å². The summed E-state index contributed by atoms with van der Waals surface area (Å²) in [6.07, 6.45) is 0. The maximum Gasteiger partial charge on any atom is 0.248 e. The number of hydrogen-bond acceptors (Lipinski definition) is 3. The van der Waals surface area contributed by atoms with Crippen LogP contribution >= 0.6 is 35.6 Å². The Morgan fingerprint density at radius 1 is 1.12 bits per heavy atom. The predicted molar refractivity (Wildman–Crippen MR) is 102 cm³/mol. The second kappa shape index (κ2) is 9.46. The third kappa shape index (κ3) is 5.99. The summed E-state index contributed by atoms with van der Waals surface area (Å²) >= 11 is 12.5. The Kier molecular flexibility index (Phi) is 7.30. The van der Waals surface area contributed by atoms with Crippen molar-refractivity contribution in [1.82, 2.24) is 10.9 Å². The molecule has 24 heavy (non-hydrogen) atoms. The lowest BCUT2D eigenvalue weighted by Gasteiger charge is -2.12. The lowest BCUT2D eigenvalue weighted by Crippen LogP contribution is -2.44. The number of carbonyl (C=O) groups excluding carboxylic acids is 1. The van der Waals surface area contributed by atoms with Crippen LogP contribution in [0, 0.1) is 5.82 Å². The van der Waals surface area contributed by atoms with Gasteiger partial charge in [0.05, 0.1) is 11.4 Å². The van der Waals surface area contributed by atoms with Crippen molar-refractivity contribution in [3.05, 3.63) is 64.9 Å². The number of para-hydroxylation sites is 1. The van der Waals surface area contributed by atoms with Gasteiger partial charge in [-0.05, 0) is 36.0 Å². The first-order chi connectivity index (χ1) is 11.6. The molecule has 0 aliphatic rings. The summed E-state index contributed by atoms with van der Waals surface area (Å²) in [6, 6.07) is 13.6. The van der Waals surface area contributed by atoms with Crippen LogP contribution in [-0.4, -0.2) is 16.8 Å². The van der Waals surface area contributed by atoms with Crippen LogP contribution in [0.5, 0.6) is 0 Å². The Balaban J connectivity index is 1.68. The smallest absolute Gasteiger partial charge is 0.248 e. The number of hydrogen-bond donors (Lipinski definition) is 3. The van der Waals surface area contributed by atoms with E-state index in [4.69, 9.17) is 23.8 Å². The highest BCUT2D eigenvalue weighted by atomic mass is 35.5. The largest absolute Gasteiger partial charge is 0.329 e. The summed E-state index contributed by atoms with van der Waals surface area (Å²) in [7, 11) is 0. The van der Waals surface area contributed by atoms with Crippen LogP contribution in [0.2, 0.25) is 5.02 Å². The van der Waals surface area contributed by atoms with E-state index in [1.54, 1.807) is 18.2 Å². The summed E-state index contributed by atoms with van der Waals surface area (Å²) in [5.74, 6) is 0.193. The van der Waals surface area contributed by atoms with Gasteiger partial charge in [-0.25, -0.2) is 4.39 Å². The summed E-state index contributed by atoms with van der Waals surface area (Å²) in [5.41, 5.74) is 6.19. The molecule has 0 fully saturated rings. The molecule has 0 aliphatic carbocycles. The Morgan fingerprint density at radius 2 is 1.83 bits per heavy atom. The van der Waals surface area contributed by atoms with Gasteiger partial charge in [-0.15, -0.1) is 11.8 Å². The molecule has 0 atom stereocenters. The van der Waals surface area contributed by atoms with E-state index < -0.39 is 5.82 Å². The molecule has 2 aromatic carbocycles. The minimum atomic E-state index is -0.428. The highest BCUT2D eigenvalue weighted by molar-refractivity contribution is 7.99. The average Bonchev–Trinajstić information content (AvgIpc) is 2.57. The van der Waals surface area contributed by atoms with E-state index in [-0.39, 0.29) is 22.5 Å². The molecule has 0 aliphatic heterocycles. The zero-order chi connectivity index (χ0) is 17.4. The molecule has 2 rings (SSSR count). The Labute approximate surface area is 154 Å². The van der Waals surface area contributed by atoms with E-state index in [9.17, 15) is 9.18 Å². The van der Waals surface area contributed by atoms with Gasteiger partial charge in [0.1, 0.15) is 5.82 Å². The predicted octanol–water partition coefficient (Wildman–Crippen LogP) is 3.73. The number of anilines is 1. The number of carbonyl (C=O) groups is 1. The summed E-state index contributed by atoms with van der Waals surface area (Å²) < 4.78 is 13.5. The van der Waals surface area contributed by atoms with Gasteiger partial charge in [-0.1, -0.05) is 41.9 Å². The van der Waals surface area contributed by atoms with Gasteiger partial charge >= 0.3 is 0 Å². The molecule has 3 N–H and O–H groups in total. The van der Waals surface area contributed by atoms with Crippen molar-refractivity contribution < 1.29 is 9.18 Å². The summed E-state index contributed by atoms with van der Waals surface area (Å²) in [4.78, 5) is 11.8. The van der Waals surface area contributed by atoms with E-state index in [0.717, 1.165) is 5.56 Å². The molecule has 0 heterocycles. The molecule has 0 aromatic heterocycles. The molecule has 1 amide bonds. The van der Waals surface area contributed by atoms with Crippen LogP contribution < -0.4 is 16.2 Å². The van der Waals surface area contributed by atoms with Crippen molar-refractivity contribution in [1.29, 1.82) is 0 Å². The Hall–Kier alpha value is -1.83. The molecule has 126 valence electrons. The van der Waals surface area contributed by atoms with Crippen molar-refractivity contribution in [3.8, 4) is 0 Å². The molecule has 0 bridgehead atoms. The Morgan fingerprint density at radius 3 is 2.58 bits per heavy atom. The van der Waals surface area contributed by atoms with E-state index in [0.29, 0.717) is 10.8 Å². The number of thioether (sulfide) groups is 1. The number of halogens is 2. The van der Waals surface area contributed by atoms with Gasteiger partial charge in [0.15, 0.2) is 5.11 Å². The molecule has 0 radical (unpaired) electrons. The molecule has 4 nitrogen and oxygen atoms in total. The standard InChI is InChI=1S/C16H15ClFN3OS2/c17-12-6-2-1-5-11(12)9-24-10-15(22)20-21-16(23)19-14-8-4-3-7-13(14)18/h1-8H,9-10H2,(H,20,22)(H2,19,21,23). The normalized spacial score (nSPS) is 10.1. The number of thiocarbonyl (C=S) groups is 1. The second-order valence-corrected chi connectivity index (χ2v) is 6.49. The van der Waals surface area contributed by atoms with Crippen LogP contribution in [0.1, 0.15) is 5.56 Å². The van der Waals surface area contributed by atoms with Gasteiger partial charge < -0.3 is 5.32 Å². The van der Waals surface area contributed by atoms with Crippen molar-refractivity contribution in [2.24, 2.45) is 0 Å². The zero-order valence-corrected chi connectivity index (χ0v) is 14.9. The maximum absolute atomic E-state index is 13.5. The van der Waals surface area contributed by atoms with E-state index in [1.165, 1.54) is 17.8 Å². The number of amides is 1. The molecule has 0 saturated carbocycles. The number of hydrazine groups is 1. The zero-order valence-electron chi connectivity index (χ0n) is 12.5. The van der Waals surface area contributed by atoms with Gasteiger partial charge in [0, 0.05) is 10.8 Å². The van der Waals surface area contributed by atoms with Crippen molar-refractivity contribution in [3.63, 3.8) is 0 Å². The van der Waals surface area contributed by atoms with Gasteiger partial charge in [0.2, 0.25) is 5.91 Å². The molecule has 0 saturated heterocycles. The van der Waals surface area contributed by atoms with Crippen molar-refractivity contribution in [2.45, 2.75) is 5.75 Å². The van der Waals surface area contributed by atoms with E-state index >= 15 is 0 Å². The van der Waals surface area contributed by atoms with Crippen LogP contribution in [-0.2, 0) is 10.5 Å². The van der Waals surface area contributed by atoms with Crippen LogP contribution in [0.15, 0.2) is 48.5 Å². The number of rotatable bonds is 5. The third-order valence-electron chi connectivity index (χ3n) is 2.89. The van der Waals surface area contributed by atoms with Gasteiger partial charge in [0.25, 0.3) is 0 Å². The number of benzene rings is 2. The van der Waals surface area contributed by atoms with E-state index in [1.807, 2.05) is 24.3 Å². The minimum Gasteiger partial charge on any atom is -0.329 e. The monoisotopic (exact) mass is 383 g/mol. The molecule has 0 unspecified atom stereocenters. The van der Waals surface area contributed by atoms with Crippen LogP contribution in [0.4, 0.5) is 10.1 Å². The van der Waals surface area contributed by atoms with Crippen LogP contribution in [0.25, 0.3) is 0 Å². The topological polar surface area (TPSA) is 53.2 Å². The maximum atomic E-state index is 13.5. The fourth-order valence-corrected chi connectivity index (χ4v) is 3.02. The first-order valence-electron chi connectivity index (χ1n) is 6.98. The molecular weight excluding hydrogens is 369 g/mol. The van der Waals surface area contributed by atoms with E-state index in [2.05, 4.69) is 16.2 Å². The van der Waals surface area contributed by atoms with Gasteiger partial charge in [-0.2, -0.15) is 0 Å². The third-order valence-corrected chi connectivity index (χ3v) is 4.44. The molecule has 8 heteroatoms. The second-order valence-electron chi connectivity index (χ2n) is 4.69. The fraction of sp³-hybridized carbons (Fsp3) is 0.125. The summed E-state index contributed by atoms with van der Waals surface area (Å²) in [5, 5.41) is 3.44. The summed E-state index contributed by atoms with van der Waals surface area (Å²) in [6.45, 7) is 0.